The van der Waals surface area contributed by atoms with Crippen molar-refractivity contribution in [3.63, 3.8) is 0 Å². The lowest BCUT2D eigenvalue weighted by molar-refractivity contribution is 0.103. The Labute approximate surface area is 155 Å². The van der Waals surface area contributed by atoms with Crippen molar-refractivity contribution in [2.45, 2.75) is 32.2 Å². The summed E-state index contributed by atoms with van der Waals surface area (Å²) in [5.41, 5.74) is 2.80. The second-order valence-electron chi connectivity index (χ2n) is 6.85. The lowest BCUT2D eigenvalue weighted by Gasteiger charge is -2.36. The first-order valence-electron chi connectivity index (χ1n) is 9.20. The quantitative estimate of drug-likeness (QED) is 0.693. The van der Waals surface area contributed by atoms with Gasteiger partial charge in [0.2, 0.25) is 0 Å². The molecule has 1 aliphatic rings. The largest absolute Gasteiger partial charge is 0.298 e. The molecule has 132 valence electrons. The van der Waals surface area contributed by atoms with Gasteiger partial charge in [0, 0.05) is 41.8 Å². The minimum Gasteiger partial charge on any atom is -0.298 e. The van der Waals surface area contributed by atoms with Gasteiger partial charge in [0.05, 0.1) is 0 Å². The topological polar surface area (TPSA) is 20.3 Å². The van der Waals surface area contributed by atoms with Gasteiger partial charge in [-0.2, -0.15) is 11.8 Å². The van der Waals surface area contributed by atoms with Gasteiger partial charge in [-0.25, -0.2) is 0 Å². The second-order valence-corrected chi connectivity index (χ2v) is 8.00. The molecule has 0 aromatic heterocycles. The molecule has 1 heterocycles. The summed E-state index contributed by atoms with van der Waals surface area (Å²) >= 11 is 2.07. The molecule has 2 nitrogen and oxygen atoms in total. The van der Waals surface area contributed by atoms with Gasteiger partial charge in [-0.3, -0.25) is 9.69 Å². The molecule has 2 atom stereocenters. The highest BCUT2D eigenvalue weighted by atomic mass is 32.2. The highest BCUT2D eigenvalue weighted by molar-refractivity contribution is 7.99. The van der Waals surface area contributed by atoms with Crippen molar-refractivity contribution in [2.24, 2.45) is 0 Å². The minimum absolute atomic E-state index is 0.107. The van der Waals surface area contributed by atoms with Crippen LogP contribution in [0.4, 0.5) is 0 Å². The maximum absolute atomic E-state index is 12.7. The fourth-order valence-corrected chi connectivity index (χ4v) is 4.75. The summed E-state index contributed by atoms with van der Waals surface area (Å²) in [6.07, 6.45) is 1.21. The van der Waals surface area contributed by atoms with Crippen molar-refractivity contribution in [3.8, 4) is 0 Å². The molecule has 2 unspecified atom stereocenters. The van der Waals surface area contributed by atoms with Crippen molar-refractivity contribution >= 4 is 17.5 Å². The average Bonchev–Trinajstić information content (AvgIpc) is 2.68. The number of ketones is 1. The van der Waals surface area contributed by atoms with Gasteiger partial charge >= 0.3 is 0 Å². The molecule has 0 saturated carbocycles. The van der Waals surface area contributed by atoms with Gasteiger partial charge in [0.15, 0.2) is 5.78 Å². The molecule has 2 aromatic rings. The summed E-state index contributed by atoms with van der Waals surface area (Å²) in [6, 6.07) is 18.4. The number of hydrogen-bond donors (Lipinski definition) is 0. The molecule has 0 bridgehead atoms. The summed E-state index contributed by atoms with van der Waals surface area (Å²) < 4.78 is 0. The Balaban J connectivity index is 1.73. The van der Waals surface area contributed by atoms with Crippen molar-refractivity contribution in [3.05, 3.63) is 71.3 Å². The zero-order valence-electron chi connectivity index (χ0n) is 15.2. The monoisotopic (exact) mass is 353 g/mol. The van der Waals surface area contributed by atoms with Crippen molar-refractivity contribution < 1.29 is 4.79 Å². The molecule has 0 radical (unpaired) electrons. The number of benzene rings is 2. The zero-order valence-corrected chi connectivity index (χ0v) is 16.0. The third-order valence-corrected chi connectivity index (χ3v) is 6.17. The van der Waals surface area contributed by atoms with E-state index in [1.54, 1.807) is 0 Å². The molecule has 0 spiro atoms. The summed E-state index contributed by atoms with van der Waals surface area (Å²) in [5, 5.41) is 0. The van der Waals surface area contributed by atoms with E-state index in [-0.39, 0.29) is 5.78 Å². The molecule has 0 aliphatic carbocycles. The van der Waals surface area contributed by atoms with E-state index in [0.29, 0.717) is 12.0 Å². The van der Waals surface area contributed by atoms with Gasteiger partial charge < -0.3 is 0 Å². The predicted octanol–water partition coefficient (Wildman–Crippen LogP) is 4.85. The minimum atomic E-state index is 0.107. The van der Waals surface area contributed by atoms with E-state index in [4.69, 9.17) is 0 Å². The fraction of sp³-hybridized carbons (Fsp3) is 0.409. The highest BCUT2D eigenvalue weighted by Gasteiger charge is 2.23. The first kappa shape index (κ1) is 18.2. The normalized spacial score (nSPS) is 19.5. The summed E-state index contributed by atoms with van der Waals surface area (Å²) in [7, 11) is 0. The van der Waals surface area contributed by atoms with Crippen molar-refractivity contribution in [1.82, 2.24) is 4.90 Å². The van der Waals surface area contributed by atoms with E-state index in [2.05, 4.69) is 42.6 Å². The predicted molar refractivity (Wildman–Crippen MR) is 108 cm³/mol. The Kier molecular flexibility index (Phi) is 6.33. The molecule has 0 amide bonds. The van der Waals surface area contributed by atoms with Crippen LogP contribution in [0, 0.1) is 0 Å². The summed E-state index contributed by atoms with van der Waals surface area (Å²) in [6.45, 7) is 6.81. The SMILES string of the molecule is CCC1CSCCN1CC(C)c1cccc(C(=O)c2ccccc2)c1. The van der Waals surface area contributed by atoms with Gasteiger partial charge in [-0.05, 0) is 24.0 Å². The van der Waals surface area contributed by atoms with Crippen LogP contribution >= 0.6 is 11.8 Å². The molecule has 1 saturated heterocycles. The van der Waals surface area contributed by atoms with E-state index in [1.807, 2.05) is 42.5 Å². The van der Waals surface area contributed by atoms with E-state index in [1.165, 1.54) is 30.0 Å². The number of nitrogens with zero attached hydrogens (tertiary/aromatic N) is 1. The van der Waals surface area contributed by atoms with Crippen LogP contribution in [-0.2, 0) is 0 Å². The third-order valence-electron chi connectivity index (χ3n) is 5.08. The molecule has 3 rings (SSSR count). The Hall–Kier alpha value is -1.58. The van der Waals surface area contributed by atoms with Gasteiger partial charge in [0.1, 0.15) is 0 Å². The van der Waals surface area contributed by atoms with Crippen LogP contribution < -0.4 is 0 Å². The third kappa shape index (κ3) is 4.53. The first-order valence-corrected chi connectivity index (χ1v) is 10.4. The van der Waals surface area contributed by atoms with Crippen LogP contribution in [0.3, 0.4) is 0 Å². The number of carbonyl (C=O) groups is 1. The molecular weight excluding hydrogens is 326 g/mol. The molecule has 25 heavy (non-hydrogen) atoms. The molecule has 1 fully saturated rings. The van der Waals surface area contributed by atoms with Crippen LogP contribution in [-0.4, -0.2) is 41.3 Å². The van der Waals surface area contributed by atoms with Crippen LogP contribution in [0.15, 0.2) is 54.6 Å². The lowest BCUT2D eigenvalue weighted by Crippen LogP contribution is -2.43. The summed E-state index contributed by atoms with van der Waals surface area (Å²) in [4.78, 5) is 15.3. The molecule has 0 N–H and O–H groups in total. The Bertz CT molecular complexity index is 700. The lowest BCUT2D eigenvalue weighted by atomic mass is 9.95. The molecule has 2 aromatic carbocycles. The first-order chi connectivity index (χ1) is 12.2. The summed E-state index contributed by atoms with van der Waals surface area (Å²) in [5.74, 6) is 3.02. The smallest absolute Gasteiger partial charge is 0.193 e. The molecule has 1 aliphatic heterocycles. The number of thioether (sulfide) groups is 1. The number of hydrogen-bond acceptors (Lipinski definition) is 3. The van der Waals surface area contributed by atoms with Crippen LogP contribution in [0.2, 0.25) is 0 Å². The zero-order chi connectivity index (χ0) is 17.6. The van der Waals surface area contributed by atoms with E-state index in [9.17, 15) is 4.79 Å². The maximum atomic E-state index is 12.7. The average molecular weight is 354 g/mol. The van der Waals surface area contributed by atoms with E-state index < -0.39 is 0 Å². The van der Waals surface area contributed by atoms with Gasteiger partial charge in [-0.15, -0.1) is 0 Å². The highest BCUT2D eigenvalue weighted by Crippen LogP contribution is 2.24. The Morgan fingerprint density at radius 1 is 1.16 bits per heavy atom. The Morgan fingerprint density at radius 3 is 2.68 bits per heavy atom. The van der Waals surface area contributed by atoms with E-state index in [0.717, 1.165) is 17.7 Å². The van der Waals surface area contributed by atoms with Gasteiger partial charge in [-0.1, -0.05) is 62.4 Å². The molecular formula is C22H27NOS. The Morgan fingerprint density at radius 2 is 1.92 bits per heavy atom. The van der Waals surface area contributed by atoms with Crippen LogP contribution in [0.25, 0.3) is 0 Å². The number of carbonyl (C=O) groups excluding carboxylic acids is 1. The van der Waals surface area contributed by atoms with Crippen LogP contribution in [0.1, 0.15) is 47.7 Å². The van der Waals surface area contributed by atoms with Gasteiger partial charge in [0.25, 0.3) is 0 Å². The standard InChI is InChI=1S/C22H27NOS/c1-3-21-16-25-13-12-23(21)15-17(2)19-10-7-11-20(14-19)22(24)18-8-5-4-6-9-18/h4-11,14,17,21H,3,12-13,15-16H2,1-2H3. The van der Waals surface area contributed by atoms with Crippen LogP contribution in [0.5, 0.6) is 0 Å². The molecule has 3 heteroatoms. The van der Waals surface area contributed by atoms with E-state index >= 15 is 0 Å². The van der Waals surface area contributed by atoms with Crippen molar-refractivity contribution in [1.29, 1.82) is 0 Å². The van der Waals surface area contributed by atoms with Crippen molar-refractivity contribution in [2.75, 3.05) is 24.6 Å². The fourth-order valence-electron chi connectivity index (χ4n) is 3.51. The number of rotatable bonds is 6. The second kappa shape index (κ2) is 8.68. The maximum Gasteiger partial charge on any atom is 0.193 e.